The maximum absolute atomic E-state index is 5.55. The van der Waals surface area contributed by atoms with E-state index in [0.717, 1.165) is 50.4 Å². The second-order valence-corrected chi connectivity index (χ2v) is 5.19. The quantitative estimate of drug-likeness (QED) is 0.346. The van der Waals surface area contributed by atoms with Crippen molar-refractivity contribution in [1.82, 2.24) is 9.97 Å². The lowest BCUT2D eigenvalue weighted by molar-refractivity contribution is 0.110. The molecule has 6 heteroatoms. The Morgan fingerprint density at radius 1 is 1.30 bits per heavy atom. The van der Waals surface area contributed by atoms with Crippen molar-refractivity contribution in [3.63, 3.8) is 0 Å². The molecule has 0 aromatic carbocycles. The number of nitrogens with zero attached hydrogens (tertiary/aromatic N) is 2. The number of hydrazine groups is 1. The number of hydrogen-bond acceptors (Lipinski definition) is 6. The summed E-state index contributed by atoms with van der Waals surface area (Å²) < 4.78 is 5.55. The minimum absolute atomic E-state index is 0.583. The maximum atomic E-state index is 5.55. The lowest BCUT2D eigenvalue weighted by Crippen LogP contribution is -2.15. The first-order chi connectivity index (χ1) is 9.69. The van der Waals surface area contributed by atoms with Gasteiger partial charge in [-0.2, -0.15) is 0 Å². The van der Waals surface area contributed by atoms with Crippen LogP contribution in [0.4, 0.5) is 11.6 Å². The minimum Gasteiger partial charge on any atom is -0.381 e. The van der Waals surface area contributed by atoms with E-state index >= 15 is 0 Å². The molecule has 6 nitrogen and oxygen atoms in total. The van der Waals surface area contributed by atoms with Gasteiger partial charge in [-0.05, 0) is 18.8 Å². The first-order valence-corrected chi connectivity index (χ1v) is 7.31. The van der Waals surface area contributed by atoms with Crippen LogP contribution in [0.3, 0.4) is 0 Å². The van der Waals surface area contributed by atoms with Gasteiger partial charge in [-0.3, -0.25) is 0 Å². The van der Waals surface area contributed by atoms with Gasteiger partial charge in [-0.1, -0.05) is 27.2 Å². The van der Waals surface area contributed by atoms with E-state index in [-0.39, 0.29) is 0 Å². The summed E-state index contributed by atoms with van der Waals surface area (Å²) in [6.07, 6.45) is 4.39. The van der Waals surface area contributed by atoms with Crippen LogP contribution in [0.25, 0.3) is 0 Å². The summed E-state index contributed by atoms with van der Waals surface area (Å²) in [5, 5.41) is 3.33. The van der Waals surface area contributed by atoms with Crippen LogP contribution in [0.5, 0.6) is 0 Å². The van der Waals surface area contributed by atoms with E-state index in [1.54, 1.807) is 0 Å². The standard InChI is InChI=1S/C14H27N5O/c1-4-6-12-13(17-10-18-14(12)19-15)16-7-5-8-20-9-11(2)3/h10-11H,4-9,15H2,1-3H3,(H2,16,17,18,19). The van der Waals surface area contributed by atoms with E-state index in [1.165, 1.54) is 6.33 Å². The Morgan fingerprint density at radius 3 is 2.70 bits per heavy atom. The Hall–Kier alpha value is -1.40. The van der Waals surface area contributed by atoms with Gasteiger partial charge in [0.2, 0.25) is 0 Å². The Morgan fingerprint density at radius 2 is 2.05 bits per heavy atom. The fraction of sp³-hybridized carbons (Fsp3) is 0.714. The summed E-state index contributed by atoms with van der Waals surface area (Å²) in [5.41, 5.74) is 3.67. The Balaban J connectivity index is 2.42. The van der Waals surface area contributed by atoms with Crippen molar-refractivity contribution in [1.29, 1.82) is 0 Å². The Kier molecular flexibility index (Phi) is 7.91. The molecule has 0 radical (unpaired) electrons. The van der Waals surface area contributed by atoms with Gasteiger partial charge in [0.25, 0.3) is 0 Å². The highest BCUT2D eigenvalue weighted by atomic mass is 16.5. The number of nitrogen functional groups attached to an aromatic ring is 1. The highest BCUT2D eigenvalue weighted by Gasteiger charge is 2.09. The first kappa shape index (κ1) is 16.7. The third-order valence-corrected chi connectivity index (χ3v) is 2.79. The number of nitrogens with one attached hydrogen (secondary N) is 2. The normalized spacial score (nSPS) is 10.8. The Labute approximate surface area is 121 Å². The molecule has 0 amide bonds. The molecule has 0 aliphatic carbocycles. The van der Waals surface area contributed by atoms with Crippen molar-refractivity contribution in [2.75, 3.05) is 30.5 Å². The van der Waals surface area contributed by atoms with Crippen molar-refractivity contribution in [3.05, 3.63) is 11.9 Å². The predicted molar refractivity (Wildman–Crippen MR) is 82.6 cm³/mol. The number of rotatable bonds is 10. The number of hydrogen-bond donors (Lipinski definition) is 3. The third-order valence-electron chi connectivity index (χ3n) is 2.79. The highest BCUT2D eigenvalue weighted by molar-refractivity contribution is 5.56. The van der Waals surface area contributed by atoms with Gasteiger partial charge in [0, 0.05) is 25.3 Å². The predicted octanol–water partition coefficient (Wildman–Crippen LogP) is 2.19. The van der Waals surface area contributed by atoms with Crippen LogP contribution in [-0.2, 0) is 11.2 Å². The molecule has 1 aromatic heterocycles. The second-order valence-electron chi connectivity index (χ2n) is 5.19. The molecule has 1 rings (SSSR count). The molecule has 0 bridgehead atoms. The van der Waals surface area contributed by atoms with Crippen LogP contribution < -0.4 is 16.6 Å². The molecule has 4 N–H and O–H groups in total. The average molecular weight is 281 g/mol. The summed E-state index contributed by atoms with van der Waals surface area (Å²) in [7, 11) is 0. The summed E-state index contributed by atoms with van der Waals surface area (Å²) in [6.45, 7) is 8.83. The van der Waals surface area contributed by atoms with Gasteiger partial charge < -0.3 is 15.5 Å². The molecule has 20 heavy (non-hydrogen) atoms. The van der Waals surface area contributed by atoms with E-state index in [2.05, 4.69) is 41.5 Å². The maximum Gasteiger partial charge on any atom is 0.148 e. The molecule has 0 unspecified atom stereocenters. The number of anilines is 2. The van der Waals surface area contributed by atoms with Gasteiger partial charge in [0.15, 0.2) is 0 Å². The molecule has 0 saturated heterocycles. The molecule has 0 spiro atoms. The average Bonchev–Trinajstić information content (AvgIpc) is 2.44. The van der Waals surface area contributed by atoms with Crippen LogP contribution in [0, 0.1) is 5.92 Å². The van der Waals surface area contributed by atoms with Crippen molar-refractivity contribution >= 4 is 11.6 Å². The van der Waals surface area contributed by atoms with E-state index in [4.69, 9.17) is 10.6 Å². The molecular weight excluding hydrogens is 254 g/mol. The van der Waals surface area contributed by atoms with Crippen molar-refractivity contribution < 1.29 is 4.74 Å². The zero-order valence-corrected chi connectivity index (χ0v) is 12.8. The van der Waals surface area contributed by atoms with E-state index in [9.17, 15) is 0 Å². The summed E-state index contributed by atoms with van der Waals surface area (Å²) in [4.78, 5) is 8.43. The molecular formula is C14H27N5O. The number of ether oxygens (including phenoxy) is 1. The molecule has 0 atom stereocenters. The first-order valence-electron chi connectivity index (χ1n) is 7.31. The highest BCUT2D eigenvalue weighted by Crippen LogP contribution is 2.20. The number of nitrogens with two attached hydrogens (primary N) is 1. The fourth-order valence-electron chi connectivity index (χ4n) is 1.88. The van der Waals surface area contributed by atoms with Gasteiger partial charge >= 0.3 is 0 Å². The SMILES string of the molecule is CCCc1c(NN)ncnc1NCCCOCC(C)C. The second kappa shape index (κ2) is 9.50. The monoisotopic (exact) mass is 281 g/mol. The molecule has 1 heterocycles. The largest absolute Gasteiger partial charge is 0.381 e. The van der Waals surface area contributed by atoms with Crippen molar-refractivity contribution in [2.24, 2.45) is 11.8 Å². The molecule has 1 aromatic rings. The molecule has 0 saturated carbocycles. The molecule has 0 fully saturated rings. The van der Waals surface area contributed by atoms with Crippen molar-refractivity contribution in [3.8, 4) is 0 Å². The van der Waals surface area contributed by atoms with Gasteiger partial charge in [-0.25, -0.2) is 15.8 Å². The smallest absolute Gasteiger partial charge is 0.148 e. The molecule has 114 valence electrons. The summed E-state index contributed by atoms with van der Waals surface area (Å²) in [6, 6.07) is 0. The topological polar surface area (TPSA) is 85.1 Å². The van der Waals surface area contributed by atoms with Crippen LogP contribution in [0.15, 0.2) is 6.33 Å². The summed E-state index contributed by atoms with van der Waals surface area (Å²) >= 11 is 0. The summed E-state index contributed by atoms with van der Waals surface area (Å²) in [5.74, 6) is 7.62. The van der Waals surface area contributed by atoms with E-state index in [1.807, 2.05) is 0 Å². The van der Waals surface area contributed by atoms with E-state index in [0.29, 0.717) is 11.7 Å². The lowest BCUT2D eigenvalue weighted by Gasteiger charge is -2.13. The van der Waals surface area contributed by atoms with Gasteiger partial charge in [-0.15, -0.1) is 0 Å². The van der Waals surface area contributed by atoms with Gasteiger partial charge in [0.05, 0.1) is 0 Å². The van der Waals surface area contributed by atoms with Gasteiger partial charge in [0.1, 0.15) is 18.0 Å². The third kappa shape index (κ3) is 5.71. The van der Waals surface area contributed by atoms with Crippen LogP contribution in [0.2, 0.25) is 0 Å². The molecule has 0 aliphatic rings. The molecule has 0 aliphatic heterocycles. The fourth-order valence-corrected chi connectivity index (χ4v) is 1.88. The zero-order valence-electron chi connectivity index (χ0n) is 12.8. The van der Waals surface area contributed by atoms with Crippen LogP contribution in [-0.4, -0.2) is 29.7 Å². The van der Waals surface area contributed by atoms with Crippen LogP contribution in [0.1, 0.15) is 39.2 Å². The Bertz CT molecular complexity index is 384. The zero-order chi connectivity index (χ0) is 14.8. The minimum atomic E-state index is 0.583. The lowest BCUT2D eigenvalue weighted by atomic mass is 10.1. The number of aromatic nitrogens is 2. The van der Waals surface area contributed by atoms with Crippen molar-refractivity contribution in [2.45, 2.75) is 40.0 Å². The van der Waals surface area contributed by atoms with E-state index < -0.39 is 0 Å². The van der Waals surface area contributed by atoms with Crippen LogP contribution >= 0.6 is 0 Å².